The fraction of sp³-hybridized carbons (Fsp3) is 0.286. The van der Waals surface area contributed by atoms with E-state index < -0.39 is 5.82 Å². The number of benzene rings is 1. The Morgan fingerprint density at radius 3 is 3.00 bits per heavy atom. The van der Waals surface area contributed by atoms with Crippen molar-refractivity contribution in [2.24, 2.45) is 0 Å². The van der Waals surface area contributed by atoms with Crippen molar-refractivity contribution in [2.45, 2.75) is 20.0 Å². The number of amides is 1. The van der Waals surface area contributed by atoms with Crippen molar-refractivity contribution < 1.29 is 14.3 Å². The summed E-state index contributed by atoms with van der Waals surface area (Å²) >= 11 is 0. The number of rotatable bonds is 6. The molecular formula is C14H17FN4O2. The molecule has 0 unspecified atom stereocenters. The summed E-state index contributed by atoms with van der Waals surface area (Å²) in [6.45, 7) is 2.32. The smallest absolute Gasteiger partial charge is 0.221 e. The molecule has 1 heterocycles. The third-order valence-electron chi connectivity index (χ3n) is 2.79. The molecule has 1 aromatic carbocycles. The van der Waals surface area contributed by atoms with Gasteiger partial charge in [0.15, 0.2) is 0 Å². The van der Waals surface area contributed by atoms with Gasteiger partial charge in [-0.3, -0.25) is 9.48 Å². The maximum absolute atomic E-state index is 13.5. The highest BCUT2D eigenvalue weighted by Gasteiger charge is 2.05. The zero-order chi connectivity index (χ0) is 15.2. The van der Waals surface area contributed by atoms with E-state index >= 15 is 0 Å². The molecule has 112 valence electrons. The number of nitrogens with one attached hydrogen (secondary N) is 2. The third kappa shape index (κ3) is 4.28. The van der Waals surface area contributed by atoms with Crippen LogP contribution in [0.4, 0.5) is 15.8 Å². The highest BCUT2D eigenvalue weighted by atomic mass is 19.1. The molecule has 0 saturated carbocycles. The number of aliphatic hydroxyl groups excluding tert-OH is 1. The Hall–Kier alpha value is -2.41. The van der Waals surface area contributed by atoms with Crippen LogP contribution in [0.2, 0.25) is 0 Å². The van der Waals surface area contributed by atoms with Gasteiger partial charge in [-0.25, -0.2) is 4.39 Å². The molecule has 1 amide bonds. The van der Waals surface area contributed by atoms with Crippen LogP contribution in [-0.4, -0.2) is 27.4 Å². The van der Waals surface area contributed by atoms with Crippen LogP contribution in [0.1, 0.15) is 12.5 Å². The highest BCUT2D eigenvalue weighted by molar-refractivity contribution is 5.89. The molecule has 0 spiro atoms. The third-order valence-corrected chi connectivity index (χ3v) is 2.79. The topological polar surface area (TPSA) is 79.2 Å². The maximum Gasteiger partial charge on any atom is 0.221 e. The minimum absolute atomic E-state index is 0.0343. The van der Waals surface area contributed by atoms with Crippen LogP contribution in [0.3, 0.4) is 0 Å². The average molecular weight is 292 g/mol. The number of anilines is 2. The molecule has 0 aliphatic rings. The van der Waals surface area contributed by atoms with E-state index in [2.05, 4.69) is 15.7 Å². The fourth-order valence-electron chi connectivity index (χ4n) is 1.85. The van der Waals surface area contributed by atoms with E-state index in [1.54, 1.807) is 16.9 Å². The van der Waals surface area contributed by atoms with Gasteiger partial charge in [-0.15, -0.1) is 0 Å². The quantitative estimate of drug-likeness (QED) is 0.755. The molecule has 2 aromatic rings. The Morgan fingerprint density at radius 2 is 2.29 bits per heavy atom. The zero-order valence-electron chi connectivity index (χ0n) is 11.6. The largest absolute Gasteiger partial charge is 0.394 e. The lowest BCUT2D eigenvalue weighted by Crippen LogP contribution is -2.08. The summed E-state index contributed by atoms with van der Waals surface area (Å²) in [6.07, 6.45) is 3.52. The summed E-state index contributed by atoms with van der Waals surface area (Å²) in [7, 11) is 0. The summed E-state index contributed by atoms with van der Waals surface area (Å²) in [6, 6.07) is 4.43. The van der Waals surface area contributed by atoms with E-state index in [1.165, 1.54) is 19.1 Å². The number of carbonyl (C=O) groups is 1. The van der Waals surface area contributed by atoms with Crippen LogP contribution in [0, 0.1) is 5.82 Å². The maximum atomic E-state index is 13.5. The Labute approximate surface area is 121 Å². The number of aromatic nitrogens is 2. The second-order valence-corrected chi connectivity index (χ2v) is 4.56. The Kier molecular flexibility index (Phi) is 4.89. The van der Waals surface area contributed by atoms with Crippen LogP contribution in [0.5, 0.6) is 0 Å². The monoisotopic (exact) mass is 292 g/mol. The van der Waals surface area contributed by atoms with Crippen LogP contribution >= 0.6 is 0 Å². The molecule has 0 aliphatic carbocycles. The molecule has 7 heteroatoms. The van der Waals surface area contributed by atoms with Gasteiger partial charge in [0, 0.05) is 30.9 Å². The van der Waals surface area contributed by atoms with E-state index in [1.807, 2.05) is 6.20 Å². The van der Waals surface area contributed by atoms with Crippen molar-refractivity contribution in [1.82, 2.24) is 9.78 Å². The van der Waals surface area contributed by atoms with E-state index in [0.29, 0.717) is 18.8 Å². The van der Waals surface area contributed by atoms with Crippen LogP contribution in [0.15, 0.2) is 30.6 Å². The predicted molar refractivity (Wildman–Crippen MR) is 77.3 cm³/mol. The lowest BCUT2D eigenvalue weighted by atomic mass is 10.2. The minimum atomic E-state index is -0.480. The first kappa shape index (κ1) is 15.0. The number of nitrogens with zero attached hydrogens (tertiary/aromatic N) is 2. The molecule has 0 bridgehead atoms. The standard InChI is InChI=1S/C14H17FN4O2/c1-10(21)18-14-6-12(2-3-13(14)15)16-7-11-8-17-19(9-11)4-5-20/h2-3,6,8-9,16,20H,4-5,7H2,1H3,(H,18,21). The van der Waals surface area contributed by atoms with Crippen LogP contribution in [0.25, 0.3) is 0 Å². The lowest BCUT2D eigenvalue weighted by Gasteiger charge is -2.09. The molecule has 0 aliphatic heterocycles. The number of halogens is 1. The van der Waals surface area contributed by atoms with Crippen LogP contribution < -0.4 is 10.6 Å². The summed E-state index contributed by atoms with van der Waals surface area (Å²) in [5.74, 6) is -0.803. The van der Waals surface area contributed by atoms with Crippen LogP contribution in [-0.2, 0) is 17.9 Å². The van der Waals surface area contributed by atoms with Crippen molar-refractivity contribution in [3.05, 3.63) is 42.0 Å². The average Bonchev–Trinajstić information content (AvgIpc) is 2.87. The number of carbonyl (C=O) groups excluding carboxylic acids is 1. The van der Waals surface area contributed by atoms with Crippen molar-refractivity contribution in [1.29, 1.82) is 0 Å². The van der Waals surface area contributed by atoms with Gasteiger partial charge < -0.3 is 15.7 Å². The second kappa shape index (κ2) is 6.85. The van der Waals surface area contributed by atoms with Crippen molar-refractivity contribution >= 4 is 17.3 Å². The fourth-order valence-corrected chi connectivity index (χ4v) is 1.85. The SMILES string of the molecule is CC(=O)Nc1cc(NCc2cnn(CCO)c2)ccc1F. The number of hydrogen-bond donors (Lipinski definition) is 3. The molecule has 0 atom stereocenters. The second-order valence-electron chi connectivity index (χ2n) is 4.56. The predicted octanol–water partition coefficient (Wildman–Crippen LogP) is 1.58. The van der Waals surface area contributed by atoms with Gasteiger partial charge >= 0.3 is 0 Å². The van der Waals surface area contributed by atoms with E-state index in [0.717, 1.165) is 5.56 Å². The summed E-state index contributed by atoms with van der Waals surface area (Å²) in [5, 5.41) is 18.5. The van der Waals surface area contributed by atoms with Crippen molar-refractivity contribution in [3.63, 3.8) is 0 Å². The van der Waals surface area contributed by atoms with E-state index in [9.17, 15) is 9.18 Å². The highest BCUT2D eigenvalue weighted by Crippen LogP contribution is 2.20. The van der Waals surface area contributed by atoms with E-state index in [4.69, 9.17) is 5.11 Å². The van der Waals surface area contributed by atoms with Gasteiger partial charge in [-0.1, -0.05) is 0 Å². The van der Waals surface area contributed by atoms with Gasteiger partial charge in [0.2, 0.25) is 5.91 Å². The minimum Gasteiger partial charge on any atom is -0.394 e. The summed E-state index contributed by atoms with van der Waals surface area (Å²) in [5.41, 5.74) is 1.77. The van der Waals surface area contributed by atoms with Gasteiger partial charge in [-0.2, -0.15) is 5.10 Å². The lowest BCUT2D eigenvalue weighted by molar-refractivity contribution is -0.114. The first-order valence-electron chi connectivity index (χ1n) is 6.51. The molecular weight excluding hydrogens is 275 g/mol. The van der Waals surface area contributed by atoms with Crippen molar-refractivity contribution in [2.75, 3.05) is 17.2 Å². The molecule has 0 radical (unpaired) electrons. The zero-order valence-corrected chi connectivity index (χ0v) is 11.6. The molecule has 0 saturated heterocycles. The molecule has 1 aromatic heterocycles. The molecule has 3 N–H and O–H groups in total. The van der Waals surface area contributed by atoms with Gasteiger partial charge in [0.25, 0.3) is 0 Å². The first-order valence-corrected chi connectivity index (χ1v) is 6.51. The van der Waals surface area contributed by atoms with Gasteiger partial charge in [-0.05, 0) is 18.2 Å². The number of aliphatic hydroxyl groups is 1. The Morgan fingerprint density at radius 1 is 1.48 bits per heavy atom. The summed E-state index contributed by atoms with van der Waals surface area (Å²) < 4.78 is 15.1. The number of hydrogen-bond acceptors (Lipinski definition) is 4. The molecule has 6 nitrogen and oxygen atoms in total. The van der Waals surface area contributed by atoms with Gasteiger partial charge in [0.1, 0.15) is 5.82 Å². The van der Waals surface area contributed by atoms with Crippen molar-refractivity contribution in [3.8, 4) is 0 Å². The molecule has 2 rings (SSSR count). The Balaban J connectivity index is 2.00. The summed E-state index contributed by atoms with van der Waals surface area (Å²) in [4.78, 5) is 11.0. The van der Waals surface area contributed by atoms with Gasteiger partial charge in [0.05, 0.1) is 25.0 Å². The first-order chi connectivity index (χ1) is 10.1. The normalized spacial score (nSPS) is 10.4. The molecule has 21 heavy (non-hydrogen) atoms. The Bertz CT molecular complexity index is 627. The van der Waals surface area contributed by atoms with E-state index in [-0.39, 0.29) is 18.2 Å². The molecule has 0 fully saturated rings.